The van der Waals surface area contributed by atoms with Crippen LogP contribution in [0.2, 0.25) is 0 Å². The highest BCUT2D eigenvalue weighted by Crippen LogP contribution is 2.39. The number of amides is 1. The summed E-state index contributed by atoms with van der Waals surface area (Å²) in [6.07, 6.45) is 2.26. The minimum Gasteiger partial charge on any atom is -0.322 e. The fraction of sp³-hybridized carbons (Fsp3) is 0.222. The van der Waals surface area contributed by atoms with E-state index in [0.29, 0.717) is 34.0 Å². The standard InChI is InChI=1S/C18H16N4O2/c1-10-19-15(11-6-7-11)9-16(20-10)22-18(24)13-8-17(23)21-14-5-3-2-4-12(13)14/h2-5,8-9,11H,6-7H2,1H3,(H,21,23)(H,19,20,22,24). The molecular weight excluding hydrogens is 304 g/mol. The van der Waals surface area contributed by atoms with E-state index in [1.807, 2.05) is 25.1 Å². The van der Waals surface area contributed by atoms with Crippen LogP contribution in [0.25, 0.3) is 10.9 Å². The third kappa shape index (κ3) is 2.78. The van der Waals surface area contributed by atoms with Crippen LogP contribution in [0.5, 0.6) is 0 Å². The van der Waals surface area contributed by atoms with Crippen molar-refractivity contribution in [1.82, 2.24) is 15.0 Å². The van der Waals surface area contributed by atoms with Gasteiger partial charge in [-0.3, -0.25) is 9.59 Å². The number of fused-ring (bicyclic) bond motifs is 1. The van der Waals surface area contributed by atoms with Gasteiger partial charge in [-0.05, 0) is 25.8 Å². The molecule has 1 amide bonds. The van der Waals surface area contributed by atoms with Gasteiger partial charge in [-0.15, -0.1) is 0 Å². The highest BCUT2D eigenvalue weighted by atomic mass is 16.2. The summed E-state index contributed by atoms with van der Waals surface area (Å²) in [6, 6.07) is 10.4. The molecule has 0 unspecified atom stereocenters. The zero-order chi connectivity index (χ0) is 16.7. The van der Waals surface area contributed by atoms with E-state index in [0.717, 1.165) is 18.5 Å². The molecule has 24 heavy (non-hydrogen) atoms. The van der Waals surface area contributed by atoms with Crippen molar-refractivity contribution in [2.24, 2.45) is 0 Å². The number of H-pyrrole nitrogens is 1. The summed E-state index contributed by atoms with van der Waals surface area (Å²) < 4.78 is 0. The molecule has 6 heteroatoms. The maximum absolute atomic E-state index is 12.7. The molecule has 1 saturated carbocycles. The lowest BCUT2D eigenvalue weighted by Crippen LogP contribution is -2.18. The average Bonchev–Trinajstić information content (AvgIpc) is 3.38. The Kier molecular flexibility index (Phi) is 3.37. The first kappa shape index (κ1) is 14.6. The van der Waals surface area contributed by atoms with Crippen molar-refractivity contribution in [3.63, 3.8) is 0 Å². The maximum atomic E-state index is 12.7. The van der Waals surface area contributed by atoms with Crippen molar-refractivity contribution >= 4 is 22.6 Å². The number of aromatic nitrogens is 3. The molecule has 0 spiro atoms. The quantitative estimate of drug-likeness (QED) is 0.777. The van der Waals surface area contributed by atoms with E-state index in [9.17, 15) is 9.59 Å². The Hall–Kier alpha value is -3.02. The van der Waals surface area contributed by atoms with Crippen molar-refractivity contribution in [2.75, 3.05) is 5.32 Å². The van der Waals surface area contributed by atoms with E-state index in [1.54, 1.807) is 12.1 Å². The van der Waals surface area contributed by atoms with E-state index in [1.165, 1.54) is 6.07 Å². The number of nitrogens with one attached hydrogen (secondary N) is 2. The molecule has 1 aliphatic carbocycles. The largest absolute Gasteiger partial charge is 0.322 e. The Balaban J connectivity index is 1.71. The second-order valence-electron chi connectivity index (χ2n) is 6.05. The van der Waals surface area contributed by atoms with Crippen LogP contribution in [0.3, 0.4) is 0 Å². The van der Waals surface area contributed by atoms with Crippen LogP contribution < -0.4 is 10.9 Å². The molecule has 3 aromatic rings. The number of nitrogens with zero attached hydrogens (tertiary/aromatic N) is 2. The van der Waals surface area contributed by atoms with E-state index in [2.05, 4.69) is 20.3 Å². The van der Waals surface area contributed by atoms with Crippen molar-refractivity contribution in [1.29, 1.82) is 0 Å². The number of aryl methyl sites for hydroxylation is 1. The smallest absolute Gasteiger partial charge is 0.257 e. The number of aromatic amines is 1. The number of carbonyl (C=O) groups is 1. The number of hydrogen-bond donors (Lipinski definition) is 2. The van der Waals surface area contributed by atoms with E-state index >= 15 is 0 Å². The summed E-state index contributed by atoms with van der Waals surface area (Å²) in [6.45, 7) is 1.81. The molecular formula is C18H16N4O2. The number of pyridine rings is 1. The van der Waals surface area contributed by atoms with Gasteiger partial charge in [-0.25, -0.2) is 9.97 Å². The van der Waals surface area contributed by atoms with Crippen molar-refractivity contribution in [3.05, 3.63) is 63.8 Å². The predicted molar refractivity (Wildman–Crippen MR) is 91.3 cm³/mol. The van der Waals surface area contributed by atoms with Gasteiger partial charge in [0, 0.05) is 34.6 Å². The van der Waals surface area contributed by atoms with Gasteiger partial charge in [0.2, 0.25) is 5.56 Å². The molecule has 1 fully saturated rings. The number of benzene rings is 1. The number of carbonyl (C=O) groups excluding carboxylic acids is 1. The third-order valence-corrected chi connectivity index (χ3v) is 4.09. The second-order valence-corrected chi connectivity index (χ2v) is 6.05. The topological polar surface area (TPSA) is 87.7 Å². The van der Waals surface area contributed by atoms with Crippen LogP contribution in [0.15, 0.2) is 41.2 Å². The number of anilines is 1. The van der Waals surface area contributed by atoms with Crippen molar-refractivity contribution in [3.8, 4) is 0 Å². The molecule has 0 aliphatic heterocycles. The van der Waals surface area contributed by atoms with E-state index < -0.39 is 0 Å². The average molecular weight is 320 g/mol. The van der Waals surface area contributed by atoms with Gasteiger partial charge in [0.25, 0.3) is 5.91 Å². The van der Waals surface area contributed by atoms with E-state index in [4.69, 9.17) is 0 Å². The zero-order valence-electron chi connectivity index (χ0n) is 13.2. The third-order valence-electron chi connectivity index (χ3n) is 4.09. The molecule has 6 nitrogen and oxygen atoms in total. The Labute approximate surface area is 138 Å². The summed E-state index contributed by atoms with van der Waals surface area (Å²) in [5, 5.41) is 3.50. The highest BCUT2D eigenvalue weighted by Gasteiger charge is 2.26. The van der Waals surface area contributed by atoms with Crippen molar-refractivity contribution in [2.45, 2.75) is 25.7 Å². The van der Waals surface area contributed by atoms with Crippen LogP contribution in [-0.2, 0) is 0 Å². The first-order valence-electron chi connectivity index (χ1n) is 7.89. The Morgan fingerprint density at radius 3 is 2.79 bits per heavy atom. The first-order valence-corrected chi connectivity index (χ1v) is 7.89. The van der Waals surface area contributed by atoms with Gasteiger partial charge in [-0.2, -0.15) is 0 Å². The lowest BCUT2D eigenvalue weighted by molar-refractivity contribution is 0.102. The summed E-state index contributed by atoms with van der Waals surface area (Å²) in [4.78, 5) is 35.9. The molecule has 0 atom stereocenters. The van der Waals surface area contributed by atoms with Crippen molar-refractivity contribution < 1.29 is 4.79 Å². The Bertz CT molecular complexity index is 1010. The van der Waals surface area contributed by atoms with Gasteiger partial charge in [0.1, 0.15) is 11.6 Å². The molecule has 2 heterocycles. The molecule has 120 valence electrons. The maximum Gasteiger partial charge on any atom is 0.257 e. The van der Waals surface area contributed by atoms with Crippen LogP contribution in [0.4, 0.5) is 5.82 Å². The number of para-hydroxylation sites is 1. The van der Waals surface area contributed by atoms with E-state index in [-0.39, 0.29) is 11.5 Å². The summed E-state index contributed by atoms with van der Waals surface area (Å²) in [5.41, 5.74) is 1.62. The minimum absolute atomic E-state index is 0.309. The van der Waals surface area contributed by atoms with Crippen LogP contribution >= 0.6 is 0 Å². The van der Waals surface area contributed by atoms with Gasteiger partial charge in [-0.1, -0.05) is 18.2 Å². The fourth-order valence-corrected chi connectivity index (χ4v) is 2.82. The molecule has 0 radical (unpaired) electrons. The van der Waals surface area contributed by atoms with Crippen LogP contribution in [-0.4, -0.2) is 20.9 Å². The molecule has 2 N–H and O–H groups in total. The molecule has 0 saturated heterocycles. The lowest BCUT2D eigenvalue weighted by Gasteiger charge is -2.09. The van der Waals surface area contributed by atoms with Crippen LogP contribution in [0, 0.1) is 6.92 Å². The Morgan fingerprint density at radius 2 is 2.00 bits per heavy atom. The van der Waals surface area contributed by atoms with Gasteiger partial charge < -0.3 is 10.3 Å². The summed E-state index contributed by atoms with van der Waals surface area (Å²) in [7, 11) is 0. The molecule has 4 rings (SSSR count). The minimum atomic E-state index is -0.350. The molecule has 0 bridgehead atoms. The normalized spacial score (nSPS) is 13.9. The monoisotopic (exact) mass is 320 g/mol. The summed E-state index contributed by atoms with van der Waals surface area (Å²) >= 11 is 0. The fourth-order valence-electron chi connectivity index (χ4n) is 2.82. The van der Waals surface area contributed by atoms with Gasteiger partial charge in [0.05, 0.1) is 5.56 Å². The first-order chi connectivity index (χ1) is 11.6. The molecule has 2 aromatic heterocycles. The van der Waals surface area contributed by atoms with Gasteiger partial charge >= 0.3 is 0 Å². The SMILES string of the molecule is Cc1nc(NC(=O)c2cc(=O)[nH]c3ccccc23)cc(C2CC2)n1. The summed E-state index contributed by atoms with van der Waals surface area (Å²) in [5.74, 6) is 1.23. The predicted octanol–water partition coefficient (Wildman–Crippen LogP) is 2.76. The Morgan fingerprint density at radius 1 is 1.21 bits per heavy atom. The zero-order valence-corrected chi connectivity index (χ0v) is 13.2. The molecule has 1 aromatic carbocycles. The second kappa shape index (κ2) is 5.56. The van der Waals surface area contributed by atoms with Crippen LogP contribution in [0.1, 0.15) is 40.6 Å². The van der Waals surface area contributed by atoms with Gasteiger partial charge in [0.15, 0.2) is 0 Å². The number of rotatable bonds is 3. The highest BCUT2D eigenvalue weighted by molar-refractivity contribution is 6.11. The number of hydrogen-bond acceptors (Lipinski definition) is 4. The lowest BCUT2D eigenvalue weighted by atomic mass is 10.1. The molecule has 1 aliphatic rings.